The summed E-state index contributed by atoms with van der Waals surface area (Å²) in [6, 6.07) is 16.4. The SMILES string of the molecule is COc1ccc(CN(C(=O)[C@H](N)Cc2c(C)cc(C(N)=O)cc2C)[C@H](C)c2ncc(-c3ccccc3)[nH]2)cc1C(=O)O.Cl.Cl. The maximum atomic E-state index is 14.0. The Morgan fingerprint density at radius 3 is 2.23 bits per heavy atom. The van der Waals surface area contributed by atoms with E-state index in [1.807, 2.05) is 51.1 Å². The van der Waals surface area contributed by atoms with Crippen LogP contribution in [0.4, 0.5) is 0 Å². The number of imidazole rings is 1. The number of nitrogens with zero attached hydrogens (tertiary/aromatic N) is 2. The smallest absolute Gasteiger partial charge is 0.339 e. The number of hydrogen-bond donors (Lipinski definition) is 4. The van der Waals surface area contributed by atoms with Crippen molar-refractivity contribution in [2.75, 3.05) is 7.11 Å². The Hall–Kier alpha value is -4.38. The lowest BCUT2D eigenvalue weighted by Crippen LogP contribution is -2.46. The minimum atomic E-state index is -1.14. The van der Waals surface area contributed by atoms with Crippen LogP contribution in [-0.4, -0.2) is 50.9 Å². The molecule has 0 fully saturated rings. The van der Waals surface area contributed by atoms with E-state index in [1.165, 1.54) is 13.2 Å². The number of aryl methyl sites for hydroxylation is 2. The van der Waals surface area contributed by atoms with Crippen molar-refractivity contribution in [3.05, 3.63) is 106 Å². The van der Waals surface area contributed by atoms with Crippen LogP contribution in [0.25, 0.3) is 11.3 Å². The quantitative estimate of drug-likeness (QED) is 0.179. The molecule has 1 heterocycles. The fourth-order valence-corrected chi connectivity index (χ4v) is 5.06. The monoisotopic (exact) mass is 641 g/mol. The van der Waals surface area contributed by atoms with Gasteiger partial charge in [-0.1, -0.05) is 36.4 Å². The number of aromatic carboxylic acids is 1. The predicted octanol–water partition coefficient (Wildman–Crippen LogP) is 5.00. The van der Waals surface area contributed by atoms with E-state index in [0.29, 0.717) is 17.0 Å². The highest BCUT2D eigenvalue weighted by molar-refractivity contribution is 5.93. The number of carboxylic acids is 1. The third-order valence-electron chi connectivity index (χ3n) is 7.40. The molecule has 4 rings (SSSR count). The highest BCUT2D eigenvalue weighted by Crippen LogP contribution is 2.28. The van der Waals surface area contributed by atoms with Gasteiger partial charge in [0.2, 0.25) is 11.8 Å². The number of carbonyl (C=O) groups excluding carboxylic acids is 2. The molecular formula is C32H37Cl2N5O5. The number of aromatic amines is 1. The first kappa shape index (κ1) is 35.8. The maximum absolute atomic E-state index is 14.0. The zero-order chi connectivity index (χ0) is 30.6. The molecule has 2 atom stereocenters. The largest absolute Gasteiger partial charge is 0.496 e. The van der Waals surface area contributed by atoms with Gasteiger partial charge in [-0.2, -0.15) is 0 Å². The summed E-state index contributed by atoms with van der Waals surface area (Å²) < 4.78 is 5.20. The Morgan fingerprint density at radius 2 is 1.66 bits per heavy atom. The number of halogens is 2. The Labute approximate surface area is 268 Å². The van der Waals surface area contributed by atoms with Crippen molar-refractivity contribution < 1.29 is 24.2 Å². The maximum Gasteiger partial charge on any atom is 0.339 e. The molecule has 0 radical (unpaired) electrons. The van der Waals surface area contributed by atoms with Gasteiger partial charge in [-0.3, -0.25) is 9.59 Å². The van der Waals surface area contributed by atoms with E-state index in [-0.39, 0.29) is 55.0 Å². The summed E-state index contributed by atoms with van der Waals surface area (Å²) in [5.74, 6) is -1.23. The molecule has 0 aliphatic carbocycles. The van der Waals surface area contributed by atoms with Gasteiger partial charge >= 0.3 is 5.97 Å². The van der Waals surface area contributed by atoms with Crippen molar-refractivity contribution in [2.45, 2.75) is 45.8 Å². The van der Waals surface area contributed by atoms with Gasteiger partial charge in [-0.05, 0) is 79.3 Å². The van der Waals surface area contributed by atoms with Crippen molar-refractivity contribution in [1.29, 1.82) is 0 Å². The molecule has 0 unspecified atom stereocenters. The number of nitrogens with two attached hydrogens (primary N) is 2. The van der Waals surface area contributed by atoms with Crippen molar-refractivity contribution >= 4 is 42.6 Å². The third-order valence-corrected chi connectivity index (χ3v) is 7.40. The van der Waals surface area contributed by atoms with E-state index >= 15 is 0 Å². The number of methoxy groups -OCH3 is 1. The van der Waals surface area contributed by atoms with E-state index < -0.39 is 24.0 Å². The summed E-state index contributed by atoms with van der Waals surface area (Å²) in [5, 5.41) is 9.70. The van der Waals surface area contributed by atoms with Crippen molar-refractivity contribution in [3.8, 4) is 17.0 Å². The second-order valence-corrected chi connectivity index (χ2v) is 10.3. The Morgan fingerprint density at radius 1 is 1.02 bits per heavy atom. The summed E-state index contributed by atoms with van der Waals surface area (Å²) in [6.45, 7) is 5.63. The predicted molar refractivity (Wildman–Crippen MR) is 174 cm³/mol. The second kappa shape index (κ2) is 15.4. The number of primary amides is 1. The van der Waals surface area contributed by atoms with Gasteiger partial charge < -0.3 is 31.2 Å². The summed E-state index contributed by atoms with van der Waals surface area (Å²) in [6.07, 6.45) is 1.95. The van der Waals surface area contributed by atoms with Crippen LogP contribution < -0.4 is 16.2 Å². The summed E-state index contributed by atoms with van der Waals surface area (Å²) in [5.41, 5.74) is 17.2. The van der Waals surface area contributed by atoms with Gasteiger partial charge in [0.05, 0.1) is 31.1 Å². The molecule has 6 N–H and O–H groups in total. The minimum absolute atomic E-state index is 0. The van der Waals surface area contributed by atoms with Crippen LogP contribution in [0, 0.1) is 13.8 Å². The topological polar surface area (TPSA) is 165 Å². The summed E-state index contributed by atoms with van der Waals surface area (Å²) in [7, 11) is 1.40. The number of benzene rings is 3. The molecule has 0 saturated heterocycles. The first-order valence-corrected chi connectivity index (χ1v) is 13.5. The minimum Gasteiger partial charge on any atom is -0.496 e. The van der Waals surface area contributed by atoms with Crippen LogP contribution in [0.5, 0.6) is 5.75 Å². The molecule has 12 heteroatoms. The molecule has 4 aromatic rings. The number of carboxylic acid groups (broad SMARTS) is 1. The molecule has 3 aromatic carbocycles. The zero-order valence-corrected chi connectivity index (χ0v) is 26.5. The number of aromatic nitrogens is 2. The number of amides is 2. The Balaban J connectivity index is 0.00000337. The van der Waals surface area contributed by atoms with E-state index in [9.17, 15) is 19.5 Å². The van der Waals surface area contributed by atoms with Crippen molar-refractivity contribution in [2.24, 2.45) is 11.5 Å². The molecular weight excluding hydrogens is 605 g/mol. The zero-order valence-electron chi connectivity index (χ0n) is 24.9. The van der Waals surface area contributed by atoms with Gasteiger partial charge in [-0.25, -0.2) is 9.78 Å². The van der Waals surface area contributed by atoms with Crippen LogP contribution >= 0.6 is 24.8 Å². The molecule has 234 valence electrons. The number of H-pyrrole nitrogens is 1. The lowest BCUT2D eigenvalue weighted by atomic mass is 9.93. The van der Waals surface area contributed by atoms with Gasteiger partial charge in [-0.15, -0.1) is 24.8 Å². The van der Waals surface area contributed by atoms with Crippen LogP contribution in [0.3, 0.4) is 0 Å². The second-order valence-electron chi connectivity index (χ2n) is 10.3. The number of nitrogens with one attached hydrogen (secondary N) is 1. The van der Waals surface area contributed by atoms with E-state index in [2.05, 4.69) is 9.97 Å². The summed E-state index contributed by atoms with van der Waals surface area (Å²) in [4.78, 5) is 47.1. The van der Waals surface area contributed by atoms with Gasteiger partial charge in [0.25, 0.3) is 0 Å². The van der Waals surface area contributed by atoms with Crippen molar-refractivity contribution in [1.82, 2.24) is 14.9 Å². The average molecular weight is 643 g/mol. The molecule has 0 aliphatic rings. The molecule has 10 nitrogen and oxygen atoms in total. The standard InChI is InChI=1S/C32H35N5O5.2ClH/c1-18-12-23(29(34)38)13-19(2)24(18)15-26(33)31(39)37(17-21-10-11-28(42-4)25(14-21)32(40)41)20(3)30-35-16-27(36-30)22-8-6-5-7-9-22;;/h5-14,16,20,26H,15,17,33H2,1-4H3,(H2,34,38)(H,35,36)(H,40,41);2*1H/t20-,26-;;/m1../s1. The normalized spacial score (nSPS) is 11.8. The lowest BCUT2D eigenvalue weighted by molar-refractivity contribution is -0.135. The van der Waals surface area contributed by atoms with Gasteiger partial charge in [0.1, 0.15) is 17.1 Å². The van der Waals surface area contributed by atoms with Crippen LogP contribution in [0.2, 0.25) is 0 Å². The number of ether oxygens (including phenoxy) is 1. The first-order valence-electron chi connectivity index (χ1n) is 13.5. The highest BCUT2D eigenvalue weighted by atomic mass is 35.5. The van der Waals surface area contributed by atoms with E-state index in [4.69, 9.17) is 16.2 Å². The highest BCUT2D eigenvalue weighted by Gasteiger charge is 2.29. The molecule has 44 heavy (non-hydrogen) atoms. The molecule has 0 aliphatic heterocycles. The van der Waals surface area contributed by atoms with Gasteiger partial charge in [0.15, 0.2) is 0 Å². The molecule has 2 amide bonds. The Kier molecular flexibility index (Phi) is 12.5. The van der Waals surface area contributed by atoms with Gasteiger partial charge in [0, 0.05) is 12.1 Å². The van der Waals surface area contributed by atoms with Crippen LogP contribution in [-0.2, 0) is 17.8 Å². The average Bonchev–Trinajstić information content (AvgIpc) is 3.47. The number of hydrogen-bond acceptors (Lipinski definition) is 6. The fourth-order valence-electron chi connectivity index (χ4n) is 5.06. The van der Waals surface area contributed by atoms with E-state index in [0.717, 1.165) is 27.9 Å². The van der Waals surface area contributed by atoms with Crippen LogP contribution in [0.15, 0.2) is 66.9 Å². The van der Waals surface area contributed by atoms with Crippen LogP contribution in [0.1, 0.15) is 61.8 Å². The summed E-state index contributed by atoms with van der Waals surface area (Å²) >= 11 is 0. The first-order chi connectivity index (χ1) is 20.0. The lowest BCUT2D eigenvalue weighted by Gasteiger charge is -2.31. The van der Waals surface area contributed by atoms with E-state index in [1.54, 1.807) is 35.4 Å². The molecule has 0 bridgehead atoms. The third kappa shape index (κ3) is 7.96. The number of rotatable bonds is 11. The molecule has 1 aromatic heterocycles. The van der Waals surface area contributed by atoms with Crippen molar-refractivity contribution in [3.63, 3.8) is 0 Å². The fraction of sp³-hybridized carbons (Fsp3) is 0.250. The molecule has 0 spiro atoms. The molecule has 0 saturated carbocycles. The number of carbonyl (C=O) groups is 3. The Bertz CT molecular complexity index is 1600.